The van der Waals surface area contributed by atoms with E-state index in [1.54, 1.807) is 0 Å². The minimum absolute atomic E-state index is 0.139. The van der Waals surface area contributed by atoms with Crippen molar-refractivity contribution in [2.24, 2.45) is 0 Å². The standard InChI is InChI=1S/C16H20INO/c1-4-10-18-16(14-9-8-12(3)19-14)13-7-5-6-11(2)15(13)17/h5-9,16,18H,4,10H2,1-3H3. The molecule has 1 heterocycles. The van der Waals surface area contributed by atoms with Crippen molar-refractivity contribution in [2.75, 3.05) is 6.54 Å². The molecule has 2 aromatic rings. The molecule has 0 saturated heterocycles. The summed E-state index contributed by atoms with van der Waals surface area (Å²) in [6.45, 7) is 7.30. The van der Waals surface area contributed by atoms with Gasteiger partial charge in [-0.1, -0.05) is 25.1 Å². The van der Waals surface area contributed by atoms with E-state index in [4.69, 9.17) is 4.42 Å². The Kier molecular flexibility index (Phi) is 5.05. The van der Waals surface area contributed by atoms with Gasteiger partial charge < -0.3 is 9.73 Å². The molecule has 0 aliphatic rings. The minimum Gasteiger partial charge on any atom is -0.464 e. The molecule has 0 bridgehead atoms. The van der Waals surface area contributed by atoms with E-state index in [-0.39, 0.29) is 6.04 Å². The molecule has 0 saturated carbocycles. The van der Waals surface area contributed by atoms with Gasteiger partial charge in [0.2, 0.25) is 0 Å². The van der Waals surface area contributed by atoms with Gasteiger partial charge >= 0.3 is 0 Å². The Bertz CT molecular complexity index is 547. The normalized spacial score (nSPS) is 12.6. The summed E-state index contributed by atoms with van der Waals surface area (Å²) in [7, 11) is 0. The zero-order valence-corrected chi connectivity index (χ0v) is 13.8. The summed E-state index contributed by atoms with van der Waals surface area (Å²) in [4.78, 5) is 0. The number of hydrogen-bond acceptors (Lipinski definition) is 2. The maximum absolute atomic E-state index is 5.83. The summed E-state index contributed by atoms with van der Waals surface area (Å²) in [5.74, 6) is 1.95. The van der Waals surface area contributed by atoms with Crippen LogP contribution in [-0.4, -0.2) is 6.54 Å². The van der Waals surface area contributed by atoms with Crippen LogP contribution in [0.4, 0.5) is 0 Å². The van der Waals surface area contributed by atoms with E-state index in [0.29, 0.717) is 0 Å². The van der Waals surface area contributed by atoms with Crippen LogP contribution in [0.5, 0.6) is 0 Å². The van der Waals surface area contributed by atoms with E-state index in [1.807, 2.05) is 13.0 Å². The third-order valence-corrected chi connectivity index (χ3v) is 4.65. The zero-order valence-electron chi connectivity index (χ0n) is 11.7. The second-order valence-corrected chi connectivity index (χ2v) is 5.89. The van der Waals surface area contributed by atoms with Crippen LogP contribution in [0.2, 0.25) is 0 Å². The van der Waals surface area contributed by atoms with E-state index in [1.165, 1.54) is 14.7 Å². The highest BCUT2D eigenvalue weighted by Crippen LogP contribution is 2.29. The number of nitrogens with one attached hydrogen (secondary N) is 1. The molecule has 3 heteroatoms. The van der Waals surface area contributed by atoms with Crippen LogP contribution < -0.4 is 5.32 Å². The molecular weight excluding hydrogens is 349 g/mol. The molecule has 0 spiro atoms. The lowest BCUT2D eigenvalue weighted by Crippen LogP contribution is -2.23. The number of furan rings is 1. The molecule has 19 heavy (non-hydrogen) atoms. The quantitative estimate of drug-likeness (QED) is 0.780. The molecular formula is C16H20INO. The van der Waals surface area contributed by atoms with Gasteiger partial charge in [-0.05, 0) is 72.7 Å². The highest BCUT2D eigenvalue weighted by Gasteiger charge is 2.19. The van der Waals surface area contributed by atoms with Gasteiger partial charge in [0.25, 0.3) is 0 Å². The maximum Gasteiger partial charge on any atom is 0.125 e. The average Bonchev–Trinajstić information content (AvgIpc) is 2.81. The first-order chi connectivity index (χ1) is 9.13. The third kappa shape index (κ3) is 3.39. The van der Waals surface area contributed by atoms with Gasteiger partial charge in [-0.15, -0.1) is 0 Å². The molecule has 0 fully saturated rings. The molecule has 0 amide bonds. The van der Waals surface area contributed by atoms with E-state index in [0.717, 1.165) is 24.5 Å². The predicted octanol–water partition coefficient (Wildman–Crippen LogP) is 4.59. The maximum atomic E-state index is 5.83. The SMILES string of the molecule is CCCNC(c1ccc(C)o1)c1cccc(C)c1I. The molecule has 2 nitrogen and oxygen atoms in total. The fourth-order valence-corrected chi connectivity index (χ4v) is 2.83. The van der Waals surface area contributed by atoms with Crippen molar-refractivity contribution < 1.29 is 4.42 Å². The van der Waals surface area contributed by atoms with Gasteiger partial charge in [0, 0.05) is 3.57 Å². The Morgan fingerprint density at radius 1 is 1.21 bits per heavy atom. The third-order valence-electron chi connectivity index (χ3n) is 3.18. The van der Waals surface area contributed by atoms with Crippen molar-refractivity contribution in [3.8, 4) is 0 Å². The van der Waals surface area contributed by atoms with Crippen LogP contribution >= 0.6 is 22.6 Å². The van der Waals surface area contributed by atoms with Gasteiger partial charge in [0.05, 0.1) is 6.04 Å². The molecule has 0 aliphatic carbocycles. The highest BCUT2D eigenvalue weighted by molar-refractivity contribution is 14.1. The Balaban J connectivity index is 2.39. The Morgan fingerprint density at radius 2 is 2.00 bits per heavy atom. The van der Waals surface area contributed by atoms with Gasteiger partial charge in [0.1, 0.15) is 11.5 Å². The monoisotopic (exact) mass is 369 g/mol. The lowest BCUT2D eigenvalue weighted by Gasteiger charge is -2.19. The van der Waals surface area contributed by atoms with Crippen LogP contribution in [0.15, 0.2) is 34.7 Å². The van der Waals surface area contributed by atoms with Crippen LogP contribution in [0, 0.1) is 17.4 Å². The first-order valence-electron chi connectivity index (χ1n) is 6.68. The summed E-state index contributed by atoms with van der Waals surface area (Å²) in [6, 6.07) is 10.7. The number of halogens is 1. The summed E-state index contributed by atoms with van der Waals surface area (Å²) in [5, 5.41) is 3.58. The van der Waals surface area contributed by atoms with E-state index in [2.05, 4.69) is 66.0 Å². The molecule has 1 unspecified atom stereocenters. The van der Waals surface area contributed by atoms with Gasteiger partial charge in [-0.25, -0.2) is 0 Å². The first-order valence-corrected chi connectivity index (χ1v) is 7.76. The number of rotatable bonds is 5. The molecule has 1 aromatic carbocycles. The summed E-state index contributed by atoms with van der Waals surface area (Å²) < 4.78 is 7.13. The topological polar surface area (TPSA) is 25.2 Å². The second kappa shape index (κ2) is 6.57. The predicted molar refractivity (Wildman–Crippen MR) is 87.5 cm³/mol. The van der Waals surface area contributed by atoms with Gasteiger partial charge in [-0.3, -0.25) is 0 Å². The van der Waals surface area contributed by atoms with E-state index < -0.39 is 0 Å². The lowest BCUT2D eigenvalue weighted by molar-refractivity contribution is 0.429. The summed E-state index contributed by atoms with van der Waals surface area (Å²) in [6.07, 6.45) is 1.11. The van der Waals surface area contributed by atoms with Gasteiger partial charge in [-0.2, -0.15) is 0 Å². The largest absolute Gasteiger partial charge is 0.464 e. The van der Waals surface area contributed by atoms with E-state index >= 15 is 0 Å². The first kappa shape index (κ1) is 14.6. The van der Waals surface area contributed by atoms with Crippen LogP contribution in [0.3, 0.4) is 0 Å². The number of aryl methyl sites for hydroxylation is 2. The summed E-state index contributed by atoms with van der Waals surface area (Å²) >= 11 is 2.42. The van der Waals surface area contributed by atoms with E-state index in [9.17, 15) is 0 Å². The number of hydrogen-bond donors (Lipinski definition) is 1. The molecule has 0 aliphatic heterocycles. The number of benzene rings is 1. The highest BCUT2D eigenvalue weighted by atomic mass is 127. The van der Waals surface area contributed by atoms with Crippen molar-refractivity contribution in [2.45, 2.75) is 33.2 Å². The smallest absolute Gasteiger partial charge is 0.125 e. The summed E-state index contributed by atoms with van der Waals surface area (Å²) in [5.41, 5.74) is 2.60. The van der Waals surface area contributed by atoms with Crippen LogP contribution in [0.1, 0.15) is 42.0 Å². The molecule has 0 radical (unpaired) electrons. The fourth-order valence-electron chi connectivity index (χ4n) is 2.15. The molecule has 102 valence electrons. The molecule has 1 atom stereocenters. The minimum atomic E-state index is 0.139. The van der Waals surface area contributed by atoms with Crippen molar-refractivity contribution in [3.05, 3.63) is 56.5 Å². The zero-order chi connectivity index (χ0) is 13.8. The van der Waals surface area contributed by atoms with Crippen molar-refractivity contribution in [1.82, 2.24) is 5.32 Å². The Hall–Kier alpha value is -0.810. The van der Waals surface area contributed by atoms with Crippen molar-refractivity contribution in [1.29, 1.82) is 0 Å². The molecule has 1 aromatic heterocycles. The molecule has 1 N–H and O–H groups in total. The fraction of sp³-hybridized carbons (Fsp3) is 0.375. The van der Waals surface area contributed by atoms with Crippen molar-refractivity contribution in [3.63, 3.8) is 0 Å². The van der Waals surface area contributed by atoms with Crippen LogP contribution in [0.25, 0.3) is 0 Å². The van der Waals surface area contributed by atoms with Crippen molar-refractivity contribution >= 4 is 22.6 Å². The average molecular weight is 369 g/mol. The Labute approximate surface area is 128 Å². The lowest BCUT2D eigenvalue weighted by atomic mass is 10.0. The second-order valence-electron chi connectivity index (χ2n) is 4.81. The van der Waals surface area contributed by atoms with Gasteiger partial charge in [0.15, 0.2) is 0 Å². The molecule has 2 rings (SSSR count). The Morgan fingerprint density at radius 3 is 2.63 bits per heavy atom. The van der Waals surface area contributed by atoms with Crippen LogP contribution in [-0.2, 0) is 0 Å².